The molecule has 1 heterocycles. The van der Waals surface area contributed by atoms with Crippen molar-refractivity contribution >= 4 is 17.4 Å². The van der Waals surface area contributed by atoms with E-state index in [1.807, 2.05) is 0 Å². The maximum absolute atomic E-state index is 11.4. The van der Waals surface area contributed by atoms with Crippen LogP contribution in [0.5, 0.6) is 0 Å². The SMILES string of the molecule is CCN(CC)CCCN(CC)c1cc(C(N)=O)c(N)cn1. The van der Waals surface area contributed by atoms with Gasteiger partial charge < -0.3 is 21.3 Å². The van der Waals surface area contributed by atoms with Gasteiger partial charge in [-0.05, 0) is 39.0 Å². The lowest BCUT2D eigenvalue weighted by Crippen LogP contribution is -2.30. The van der Waals surface area contributed by atoms with Crippen LogP contribution >= 0.6 is 0 Å². The maximum Gasteiger partial charge on any atom is 0.250 e. The zero-order valence-electron chi connectivity index (χ0n) is 13.3. The highest BCUT2D eigenvalue weighted by Gasteiger charge is 2.12. The van der Waals surface area contributed by atoms with E-state index >= 15 is 0 Å². The lowest BCUT2D eigenvalue weighted by molar-refractivity contribution is 0.100. The Morgan fingerprint density at radius 1 is 1.19 bits per heavy atom. The van der Waals surface area contributed by atoms with E-state index in [1.165, 1.54) is 6.20 Å². The Labute approximate surface area is 127 Å². The van der Waals surface area contributed by atoms with Crippen molar-refractivity contribution < 1.29 is 4.79 Å². The molecule has 1 rings (SSSR count). The number of anilines is 2. The third kappa shape index (κ3) is 4.90. The molecule has 0 aliphatic heterocycles. The van der Waals surface area contributed by atoms with Gasteiger partial charge in [0.1, 0.15) is 5.82 Å². The molecular formula is C15H27N5O. The molecule has 0 saturated heterocycles. The fourth-order valence-electron chi connectivity index (χ4n) is 2.30. The second kappa shape index (κ2) is 8.46. The van der Waals surface area contributed by atoms with Gasteiger partial charge in [-0.15, -0.1) is 0 Å². The van der Waals surface area contributed by atoms with Crippen LogP contribution in [0.25, 0.3) is 0 Å². The first-order chi connectivity index (χ1) is 10.0. The van der Waals surface area contributed by atoms with Gasteiger partial charge >= 0.3 is 0 Å². The first-order valence-electron chi connectivity index (χ1n) is 7.56. The van der Waals surface area contributed by atoms with Crippen molar-refractivity contribution in [3.8, 4) is 0 Å². The van der Waals surface area contributed by atoms with Crippen LogP contribution in [0, 0.1) is 0 Å². The third-order valence-electron chi connectivity index (χ3n) is 3.69. The zero-order chi connectivity index (χ0) is 15.8. The molecule has 0 fully saturated rings. The Hall–Kier alpha value is -1.82. The van der Waals surface area contributed by atoms with Crippen LogP contribution in [0.15, 0.2) is 12.3 Å². The van der Waals surface area contributed by atoms with Gasteiger partial charge in [0.25, 0.3) is 5.91 Å². The van der Waals surface area contributed by atoms with Crippen molar-refractivity contribution in [2.75, 3.05) is 43.4 Å². The number of carbonyl (C=O) groups is 1. The summed E-state index contributed by atoms with van der Waals surface area (Å²) in [7, 11) is 0. The normalized spacial score (nSPS) is 10.9. The zero-order valence-corrected chi connectivity index (χ0v) is 13.3. The van der Waals surface area contributed by atoms with Crippen molar-refractivity contribution in [2.45, 2.75) is 27.2 Å². The Balaban J connectivity index is 2.72. The molecule has 0 atom stereocenters. The van der Waals surface area contributed by atoms with Gasteiger partial charge in [0.15, 0.2) is 0 Å². The number of nitrogen functional groups attached to an aromatic ring is 1. The quantitative estimate of drug-likeness (QED) is 0.717. The standard InChI is InChI=1S/C15H27N5O/c1-4-19(5-2)8-7-9-20(6-3)14-10-12(15(17)21)13(16)11-18-14/h10-11H,4-9,16H2,1-3H3,(H2,17,21). The number of hydrogen-bond acceptors (Lipinski definition) is 5. The Kier molecular flexibility index (Phi) is 6.94. The Morgan fingerprint density at radius 2 is 1.86 bits per heavy atom. The van der Waals surface area contributed by atoms with Crippen LogP contribution in [0.4, 0.5) is 11.5 Å². The summed E-state index contributed by atoms with van der Waals surface area (Å²) in [4.78, 5) is 20.2. The van der Waals surface area contributed by atoms with Crippen LogP contribution in [-0.4, -0.2) is 48.5 Å². The summed E-state index contributed by atoms with van der Waals surface area (Å²) in [6, 6.07) is 1.68. The fourth-order valence-corrected chi connectivity index (χ4v) is 2.30. The molecule has 21 heavy (non-hydrogen) atoms. The average molecular weight is 293 g/mol. The van der Waals surface area contributed by atoms with Gasteiger partial charge in [-0.1, -0.05) is 13.8 Å². The maximum atomic E-state index is 11.4. The number of primary amides is 1. The number of carbonyl (C=O) groups excluding carboxylic acids is 1. The van der Waals surface area contributed by atoms with Gasteiger partial charge in [-0.2, -0.15) is 0 Å². The number of nitrogens with two attached hydrogens (primary N) is 2. The molecule has 0 spiro atoms. The summed E-state index contributed by atoms with van der Waals surface area (Å²) in [6.07, 6.45) is 2.55. The molecule has 6 heteroatoms. The molecule has 4 N–H and O–H groups in total. The molecule has 0 aromatic carbocycles. The van der Waals surface area contributed by atoms with E-state index in [9.17, 15) is 4.79 Å². The van der Waals surface area contributed by atoms with Crippen molar-refractivity contribution in [3.63, 3.8) is 0 Å². The third-order valence-corrected chi connectivity index (χ3v) is 3.69. The van der Waals surface area contributed by atoms with E-state index in [2.05, 4.69) is 35.6 Å². The number of aromatic nitrogens is 1. The first kappa shape index (κ1) is 17.2. The van der Waals surface area contributed by atoms with E-state index in [4.69, 9.17) is 11.5 Å². The molecule has 118 valence electrons. The monoisotopic (exact) mass is 293 g/mol. The van der Waals surface area contributed by atoms with Gasteiger partial charge in [0.2, 0.25) is 0 Å². The van der Waals surface area contributed by atoms with E-state index in [0.29, 0.717) is 11.3 Å². The van der Waals surface area contributed by atoms with Gasteiger partial charge in [0, 0.05) is 13.1 Å². The predicted molar refractivity (Wildman–Crippen MR) is 87.5 cm³/mol. The summed E-state index contributed by atoms with van der Waals surface area (Å²) in [5, 5.41) is 0. The first-order valence-corrected chi connectivity index (χ1v) is 7.56. The molecule has 0 aliphatic rings. The highest BCUT2D eigenvalue weighted by atomic mass is 16.1. The summed E-state index contributed by atoms with van der Waals surface area (Å²) in [5.74, 6) is 0.232. The van der Waals surface area contributed by atoms with Gasteiger partial charge in [0.05, 0.1) is 17.4 Å². The minimum Gasteiger partial charge on any atom is -0.397 e. The number of amides is 1. The molecule has 1 aromatic rings. The minimum absolute atomic E-state index is 0.324. The van der Waals surface area contributed by atoms with Crippen molar-refractivity contribution in [2.24, 2.45) is 5.73 Å². The molecule has 0 unspecified atom stereocenters. The number of rotatable bonds is 9. The topological polar surface area (TPSA) is 88.5 Å². The predicted octanol–water partition coefficient (Wildman–Crippen LogP) is 1.32. The minimum atomic E-state index is -0.518. The highest BCUT2D eigenvalue weighted by molar-refractivity contribution is 5.98. The number of hydrogen-bond donors (Lipinski definition) is 2. The second-order valence-corrected chi connectivity index (χ2v) is 4.95. The lowest BCUT2D eigenvalue weighted by atomic mass is 10.2. The highest BCUT2D eigenvalue weighted by Crippen LogP contribution is 2.18. The summed E-state index contributed by atoms with van der Waals surface area (Å²) < 4.78 is 0. The van der Waals surface area contributed by atoms with Crippen LogP contribution in [0.3, 0.4) is 0 Å². The van der Waals surface area contributed by atoms with Crippen LogP contribution in [-0.2, 0) is 0 Å². The average Bonchev–Trinajstić information content (AvgIpc) is 2.48. The molecule has 0 saturated carbocycles. The van der Waals surface area contributed by atoms with Crippen LogP contribution in [0.2, 0.25) is 0 Å². The molecule has 1 amide bonds. The number of pyridine rings is 1. The Bertz CT molecular complexity index is 459. The van der Waals surface area contributed by atoms with Crippen LogP contribution < -0.4 is 16.4 Å². The fraction of sp³-hybridized carbons (Fsp3) is 0.600. The molecule has 0 radical (unpaired) electrons. The molecule has 0 aliphatic carbocycles. The van der Waals surface area contributed by atoms with Crippen molar-refractivity contribution in [3.05, 3.63) is 17.8 Å². The van der Waals surface area contributed by atoms with Gasteiger partial charge in [-0.3, -0.25) is 4.79 Å². The second-order valence-electron chi connectivity index (χ2n) is 4.95. The van der Waals surface area contributed by atoms with E-state index in [0.717, 1.165) is 45.0 Å². The summed E-state index contributed by atoms with van der Waals surface area (Å²) >= 11 is 0. The van der Waals surface area contributed by atoms with Crippen molar-refractivity contribution in [1.29, 1.82) is 0 Å². The molecular weight excluding hydrogens is 266 g/mol. The van der Waals surface area contributed by atoms with E-state index in [-0.39, 0.29) is 0 Å². The van der Waals surface area contributed by atoms with Crippen LogP contribution in [0.1, 0.15) is 37.6 Å². The summed E-state index contributed by atoms with van der Waals surface area (Å²) in [5.41, 5.74) is 11.7. The molecule has 0 bridgehead atoms. The molecule has 6 nitrogen and oxygen atoms in total. The van der Waals surface area contributed by atoms with E-state index < -0.39 is 5.91 Å². The van der Waals surface area contributed by atoms with Gasteiger partial charge in [-0.25, -0.2) is 4.98 Å². The Morgan fingerprint density at radius 3 is 2.38 bits per heavy atom. The van der Waals surface area contributed by atoms with E-state index in [1.54, 1.807) is 6.07 Å². The van der Waals surface area contributed by atoms with Crippen molar-refractivity contribution in [1.82, 2.24) is 9.88 Å². The number of nitrogens with zero attached hydrogens (tertiary/aromatic N) is 3. The summed E-state index contributed by atoms with van der Waals surface area (Å²) in [6.45, 7) is 11.3. The smallest absolute Gasteiger partial charge is 0.250 e. The molecule has 1 aromatic heterocycles. The lowest BCUT2D eigenvalue weighted by Gasteiger charge is -2.24. The largest absolute Gasteiger partial charge is 0.397 e.